The first-order valence-corrected chi connectivity index (χ1v) is 8.97. The maximum absolute atomic E-state index is 13.0. The number of likely N-dealkylation sites (tertiary alicyclic amines) is 2. The van der Waals surface area contributed by atoms with Gasteiger partial charge in [0.1, 0.15) is 12.0 Å². The van der Waals surface area contributed by atoms with Crippen molar-refractivity contribution in [1.82, 2.24) is 24.8 Å². The van der Waals surface area contributed by atoms with Crippen LogP contribution in [0.5, 0.6) is 0 Å². The average molecular weight is 353 g/mol. The summed E-state index contributed by atoms with van der Waals surface area (Å²) in [6, 6.07) is 5.88. The van der Waals surface area contributed by atoms with Gasteiger partial charge in [-0.15, -0.1) is 0 Å². The van der Waals surface area contributed by atoms with E-state index in [-0.39, 0.29) is 18.1 Å². The number of methoxy groups -OCH3 is 1. The Balaban J connectivity index is 1.53. The summed E-state index contributed by atoms with van der Waals surface area (Å²) < 4.78 is 5.73. The highest BCUT2D eigenvalue weighted by molar-refractivity contribution is 5.92. The quantitative estimate of drug-likeness (QED) is 0.823. The van der Waals surface area contributed by atoms with Crippen molar-refractivity contribution in [3.05, 3.63) is 54.4 Å². The van der Waals surface area contributed by atoms with Crippen LogP contribution in [-0.2, 0) is 11.3 Å². The third kappa shape index (κ3) is 3.32. The molecule has 0 N–H and O–H groups in total. The van der Waals surface area contributed by atoms with Gasteiger partial charge in [0.05, 0.1) is 12.1 Å². The molecule has 2 saturated heterocycles. The molecule has 136 valence electrons. The van der Waals surface area contributed by atoms with Crippen molar-refractivity contribution in [3.63, 3.8) is 0 Å². The molecule has 2 fully saturated rings. The van der Waals surface area contributed by atoms with Gasteiger partial charge in [0, 0.05) is 57.8 Å². The van der Waals surface area contributed by atoms with Crippen LogP contribution in [-0.4, -0.2) is 69.5 Å². The van der Waals surface area contributed by atoms with Gasteiger partial charge in [-0.2, -0.15) is 0 Å². The van der Waals surface area contributed by atoms with Crippen LogP contribution in [0.2, 0.25) is 0 Å². The summed E-state index contributed by atoms with van der Waals surface area (Å²) in [4.78, 5) is 29.6. The predicted octanol–water partition coefficient (Wildman–Crippen LogP) is 1.23. The van der Waals surface area contributed by atoms with E-state index in [0.29, 0.717) is 18.2 Å². The number of ether oxygens (including phenoxy) is 1. The lowest BCUT2D eigenvalue weighted by molar-refractivity contribution is -0.0158. The highest BCUT2D eigenvalue weighted by Gasteiger charge is 2.46. The zero-order valence-corrected chi connectivity index (χ0v) is 14.9. The van der Waals surface area contributed by atoms with Gasteiger partial charge >= 0.3 is 0 Å². The summed E-state index contributed by atoms with van der Waals surface area (Å²) in [5, 5.41) is 0. The number of aromatic nitrogens is 3. The van der Waals surface area contributed by atoms with Crippen LogP contribution >= 0.6 is 0 Å². The average Bonchev–Trinajstić information content (AvgIpc) is 3.11. The smallest absolute Gasteiger partial charge is 0.272 e. The van der Waals surface area contributed by atoms with Gasteiger partial charge in [-0.3, -0.25) is 14.7 Å². The molecule has 2 aromatic heterocycles. The number of hydrogen-bond donors (Lipinski definition) is 0. The predicted molar refractivity (Wildman–Crippen MR) is 95.3 cm³/mol. The van der Waals surface area contributed by atoms with E-state index in [9.17, 15) is 4.79 Å². The minimum Gasteiger partial charge on any atom is -0.381 e. The molecular formula is C19H23N5O2. The molecular weight excluding hydrogens is 330 g/mol. The van der Waals surface area contributed by atoms with Gasteiger partial charge in [0.25, 0.3) is 5.91 Å². The molecule has 7 nitrogen and oxygen atoms in total. The van der Waals surface area contributed by atoms with Crippen LogP contribution in [0.4, 0.5) is 0 Å². The second-order valence-corrected chi connectivity index (χ2v) is 6.94. The SMILES string of the molecule is CO[C@@H]1CCN(C(=O)c2ccncn2)[C@H]2CN(Cc3cccnc3)C[C@@H]12. The van der Waals surface area contributed by atoms with E-state index in [2.05, 4.69) is 25.9 Å². The van der Waals surface area contributed by atoms with Gasteiger partial charge in [-0.25, -0.2) is 9.97 Å². The summed E-state index contributed by atoms with van der Waals surface area (Å²) in [5.41, 5.74) is 1.65. The number of piperidine rings is 1. The number of fused-ring (bicyclic) bond motifs is 1. The molecule has 1 amide bonds. The Kier molecular flexibility index (Phi) is 4.90. The number of pyridine rings is 1. The Labute approximate surface area is 153 Å². The molecule has 2 aliphatic rings. The summed E-state index contributed by atoms with van der Waals surface area (Å²) >= 11 is 0. The zero-order chi connectivity index (χ0) is 17.9. The third-order valence-corrected chi connectivity index (χ3v) is 5.43. The summed E-state index contributed by atoms with van der Waals surface area (Å²) in [6.45, 7) is 3.30. The van der Waals surface area contributed by atoms with E-state index in [1.54, 1.807) is 25.6 Å². The molecule has 0 spiro atoms. The first-order valence-electron chi connectivity index (χ1n) is 8.97. The fraction of sp³-hybridized carbons (Fsp3) is 0.474. The van der Waals surface area contributed by atoms with Gasteiger partial charge in [-0.05, 0) is 24.1 Å². The molecule has 3 atom stereocenters. The van der Waals surface area contributed by atoms with Crippen LogP contribution in [0, 0.1) is 5.92 Å². The van der Waals surface area contributed by atoms with E-state index in [4.69, 9.17) is 4.74 Å². The molecule has 2 aliphatic heterocycles. The van der Waals surface area contributed by atoms with E-state index in [0.717, 1.165) is 26.1 Å². The molecule has 2 aromatic rings. The topological polar surface area (TPSA) is 71.5 Å². The highest BCUT2D eigenvalue weighted by Crippen LogP contribution is 2.33. The molecule has 0 bridgehead atoms. The van der Waals surface area contributed by atoms with Gasteiger partial charge in [0.15, 0.2) is 0 Å². The first kappa shape index (κ1) is 17.1. The number of carbonyl (C=O) groups is 1. The van der Waals surface area contributed by atoms with Crippen LogP contribution in [0.3, 0.4) is 0 Å². The maximum atomic E-state index is 13.0. The Morgan fingerprint density at radius 3 is 2.92 bits per heavy atom. The Morgan fingerprint density at radius 2 is 2.19 bits per heavy atom. The lowest BCUT2D eigenvalue weighted by atomic mass is 9.88. The van der Waals surface area contributed by atoms with Crippen molar-refractivity contribution in [2.24, 2.45) is 5.92 Å². The Hall–Kier alpha value is -2.38. The molecule has 4 rings (SSSR count). The highest BCUT2D eigenvalue weighted by atomic mass is 16.5. The lowest BCUT2D eigenvalue weighted by Gasteiger charge is -2.40. The summed E-state index contributed by atoms with van der Waals surface area (Å²) in [7, 11) is 1.77. The molecule has 0 unspecified atom stereocenters. The normalized spacial score (nSPS) is 25.9. The number of hydrogen-bond acceptors (Lipinski definition) is 6. The molecule has 0 saturated carbocycles. The molecule has 0 radical (unpaired) electrons. The number of nitrogens with zero attached hydrogens (tertiary/aromatic N) is 5. The van der Waals surface area contributed by atoms with Crippen molar-refractivity contribution < 1.29 is 9.53 Å². The van der Waals surface area contributed by atoms with E-state index < -0.39 is 0 Å². The number of carbonyl (C=O) groups excluding carboxylic acids is 1. The van der Waals surface area contributed by atoms with Crippen molar-refractivity contribution in [2.75, 3.05) is 26.7 Å². The van der Waals surface area contributed by atoms with Gasteiger partial charge in [-0.1, -0.05) is 6.07 Å². The molecule has 26 heavy (non-hydrogen) atoms. The number of amides is 1. The Bertz CT molecular complexity index is 742. The van der Waals surface area contributed by atoms with Gasteiger partial charge < -0.3 is 9.64 Å². The largest absolute Gasteiger partial charge is 0.381 e. The fourth-order valence-corrected chi connectivity index (χ4v) is 4.22. The summed E-state index contributed by atoms with van der Waals surface area (Å²) in [6.07, 6.45) is 7.78. The van der Waals surface area contributed by atoms with Crippen LogP contribution in [0.15, 0.2) is 43.1 Å². The van der Waals surface area contributed by atoms with Crippen LogP contribution in [0.25, 0.3) is 0 Å². The van der Waals surface area contributed by atoms with Crippen LogP contribution < -0.4 is 0 Å². The molecule has 4 heterocycles. The minimum absolute atomic E-state index is 0.0137. The zero-order valence-electron chi connectivity index (χ0n) is 14.9. The first-order chi connectivity index (χ1) is 12.8. The molecule has 7 heteroatoms. The second-order valence-electron chi connectivity index (χ2n) is 6.94. The molecule has 0 aliphatic carbocycles. The van der Waals surface area contributed by atoms with E-state index >= 15 is 0 Å². The van der Waals surface area contributed by atoms with Crippen molar-refractivity contribution in [2.45, 2.75) is 25.1 Å². The van der Waals surface area contributed by atoms with Crippen molar-refractivity contribution in [1.29, 1.82) is 0 Å². The monoisotopic (exact) mass is 353 g/mol. The van der Waals surface area contributed by atoms with Gasteiger partial charge in [0.2, 0.25) is 0 Å². The van der Waals surface area contributed by atoms with Crippen molar-refractivity contribution in [3.8, 4) is 0 Å². The second kappa shape index (κ2) is 7.47. The standard InChI is InChI=1S/C19H23N5O2/c1-26-18-5-8-24(19(25)16-4-7-21-13-22-16)17-12-23(11-15(17)18)10-14-3-2-6-20-9-14/h2-4,6-7,9,13,15,17-18H,5,8,10-12H2,1H3/t15-,17+,18-/m1/s1. The summed E-state index contributed by atoms with van der Waals surface area (Å²) in [5.74, 6) is 0.302. The van der Waals surface area contributed by atoms with E-state index in [1.807, 2.05) is 17.2 Å². The van der Waals surface area contributed by atoms with E-state index in [1.165, 1.54) is 11.9 Å². The Morgan fingerprint density at radius 1 is 1.27 bits per heavy atom. The fourth-order valence-electron chi connectivity index (χ4n) is 4.22. The van der Waals surface area contributed by atoms with Crippen molar-refractivity contribution >= 4 is 5.91 Å². The molecule has 0 aromatic carbocycles. The van der Waals surface area contributed by atoms with Crippen LogP contribution in [0.1, 0.15) is 22.5 Å². The lowest BCUT2D eigenvalue weighted by Crippen LogP contribution is -2.53. The minimum atomic E-state index is -0.0137. The number of rotatable bonds is 4. The maximum Gasteiger partial charge on any atom is 0.272 e. The third-order valence-electron chi connectivity index (χ3n) is 5.43.